The summed E-state index contributed by atoms with van der Waals surface area (Å²) >= 11 is 0. The lowest BCUT2D eigenvalue weighted by molar-refractivity contribution is 0.219. The van der Waals surface area contributed by atoms with Crippen LogP contribution in [0.3, 0.4) is 0 Å². The Bertz CT molecular complexity index is 168. The molecule has 3 aliphatic rings. The van der Waals surface area contributed by atoms with Crippen LogP contribution in [-0.2, 0) is 0 Å². The molecule has 0 aromatic rings. The van der Waals surface area contributed by atoms with Gasteiger partial charge in [0.05, 0.1) is 0 Å². The SMILES string of the molecule is C1CC1.CC1CCC1C.CCCCCCC1CC1. The van der Waals surface area contributed by atoms with Gasteiger partial charge in [0.1, 0.15) is 0 Å². The van der Waals surface area contributed by atoms with E-state index in [-0.39, 0.29) is 0 Å². The first-order chi connectivity index (χ1) is 8.74. The van der Waals surface area contributed by atoms with Gasteiger partial charge in [-0.25, -0.2) is 0 Å². The predicted octanol–water partition coefficient (Wildman–Crippen LogP) is 6.59. The molecule has 0 spiro atoms. The predicted molar refractivity (Wildman–Crippen MR) is 82.9 cm³/mol. The van der Waals surface area contributed by atoms with Gasteiger partial charge >= 0.3 is 0 Å². The quantitative estimate of drug-likeness (QED) is 0.484. The van der Waals surface area contributed by atoms with E-state index in [0.29, 0.717) is 0 Å². The maximum atomic E-state index is 2.33. The molecule has 0 nitrogen and oxygen atoms in total. The molecule has 3 rings (SSSR count). The fourth-order valence-corrected chi connectivity index (χ4v) is 2.10. The lowest BCUT2D eigenvalue weighted by atomic mass is 9.77. The van der Waals surface area contributed by atoms with Gasteiger partial charge in [-0.3, -0.25) is 0 Å². The Kier molecular flexibility index (Phi) is 8.80. The Balaban J connectivity index is 0.000000153. The molecule has 0 amide bonds. The monoisotopic (exact) mass is 252 g/mol. The normalized spacial score (nSPS) is 28.2. The summed E-state index contributed by atoms with van der Waals surface area (Å²) in [7, 11) is 0. The molecule has 18 heavy (non-hydrogen) atoms. The summed E-state index contributed by atoms with van der Waals surface area (Å²) in [4.78, 5) is 0. The second kappa shape index (κ2) is 9.87. The minimum absolute atomic E-state index is 1.03. The van der Waals surface area contributed by atoms with Crippen LogP contribution < -0.4 is 0 Å². The summed E-state index contributed by atoms with van der Waals surface area (Å²) in [5.74, 6) is 3.22. The Morgan fingerprint density at radius 3 is 1.56 bits per heavy atom. The van der Waals surface area contributed by atoms with Gasteiger partial charge in [-0.15, -0.1) is 0 Å². The largest absolute Gasteiger partial charge is 0.0654 e. The molecule has 0 aromatic carbocycles. The summed E-state index contributed by atoms with van der Waals surface area (Å²) in [5, 5.41) is 0. The highest BCUT2D eigenvalue weighted by atomic mass is 14.3. The number of unbranched alkanes of at least 4 members (excludes halogenated alkanes) is 3. The van der Waals surface area contributed by atoms with Crippen LogP contribution >= 0.6 is 0 Å². The molecular formula is C18H36. The van der Waals surface area contributed by atoms with Gasteiger partial charge in [0.25, 0.3) is 0 Å². The van der Waals surface area contributed by atoms with Crippen molar-refractivity contribution >= 4 is 0 Å². The molecule has 0 aromatic heterocycles. The molecule has 2 atom stereocenters. The molecule has 0 radical (unpaired) electrons. The summed E-state index contributed by atoms with van der Waals surface area (Å²) in [6, 6.07) is 0. The molecule has 3 saturated carbocycles. The minimum atomic E-state index is 1.03. The van der Waals surface area contributed by atoms with E-state index in [4.69, 9.17) is 0 Å². The molecule has 0 saturated heterocycles. The second-order valence-electron chi connectivity index (χ2n) is 6.89. The van der Waals surface area contributed by atoms with Gasteiger partial charge in [-0.1, -0.05) is 97.8 Å². The standard InChI is InChI=1S/C9H18.C6H12.C3H6/c1-2-3-4-5-6-9-7-8-9;1-5-3-4-6(5)2;1-2-3-1/h9H,2-8H2,1H3;5-6H,3-4H2,1-2H3;1-3H2. The molecule has 0 N–H and O–H groups in total. The highest BCUT2D eigenvalue weighted by Crippen LogP contribution is 2.34. The topological polar surface area (TPSA) is 0 Å². The van der Waals surface area contributed by atoms with Crippen LogP contribution in [0.4, 0.5) is 0 Å². The highest BCUT2D eigenvalue weighted by molar-refractivity contribution is 4.72. The molecular weight excluding hydrogens is 216 g/mol. The zero-order valence-electron chi connectivity index (χ0n) is 13.2. The fraction of sp³-hybridized carbons (Fsp3) is 1.00. The average molecular weight is 252 g/mol. The number of hydrogen-bond donors (Lipinski definition) is 0. The van der Waals surface area contributed by atoms with Gasteiger partial charge in [-0.2, -0.15) is 0 Å². The fourth-order valence-electron chi connectivity index (χ4n) is 2.10. The lowest BCUT2D eigenvalue weighted by Gasteiger charge is -2.29. The Morgan fingerprint density at radius 2 is 1.28 bits per heavy atom. The van der Waals surface area contributed by atoms with E-state index in [0.717, 1.165) is 17.8 Å². The summed E-state index contributed by atoms with van der Waals surface area (Å²) in [5.41, 5.74) is 0. The number of rotatable bonds is 5. The third-order valence-electron chi connectivity index (χ3n) is 4.57. The van der Waals surface area contributed by atoms with Crippen LogP contribution in [0.2, 0.25) is 0 Å². The van der Waals surface area contributed by atoms with Crippen molar-refractivity contribution in [3.63, 3.8) is 0 Å². The first-order valence-electron chi connectivity index (χ1n) is 8.74. The van der Waals surface area contributed by atoms with Crippen molar-refractivity contribution in [1.29, 1.82) is 0 Å². The van der Waals surface area contributed by atoms with E-state index >= 15 is 0 Å². The van der Waals surface area contributed by atoms with Crippen molar-refractivity contribution in [3.8, 4) is 0 Å². The van der Waals surface area contributed by atoms with Crippen molar-refractivity contribution in [2.24, 2.45) is 17.8 Å². The Morgan fingerprint density at radius 1 is 0.722 bits per heavy atom. The zero-order valence-corrected chi connectivity index (χ0v) is 13.2. The van der Waals surface area contributed by atoms with E-state index in [1.54, 1.807) is 0 Å². The van der Waals surface area contributed by atoms with Crippen LogP contribution in [0.1, 0.15) is 97.8 Å². The van der Waals surface area contributed by atoms with Gasteiger partial charge < -0.3 is 0 Å². The Hall–Kier alpha value is 0. The molecule has 108 valence electrons. The van der Waals surface area contributed by atoms with Crippen molar-refractivity contribution in [3.05, 3.63) is 0 Å². The number of hydrogen-bond acceptors (Lipinski definition) is 0. The lowest BCUT2D eigenvalue weighted by Crippen LogP contribution is -2.18. The molecule has 3 aliphatic carbocycles. The van der Waals surface area contributed by atoms with E-state index in [9.17, 15) is 0 Å². The van der Waals surface area contributed by atoms with Crippen LogP contribution in [0.5, 0.6) is 0 Å². The van der Waals surface area contributed by atoms with E-state index in [1.165, 1.54) is 77.0 Å². The summed E-state index contributed by atoms with van der Waals surface area (Å²) in [6.45, 7) is 6.93. The second-order valence-corrected chi connectivity index (χ2v) is 6.89. The third kappa shape index (κ3) is 9.97. The smallest absolute Gasteiger partial charge is 0.0414 e. The molecule has 0 heterocycles. The van der Waals surface area contributed by atoms with Crippen molar-refractivity contribution < 1.29 is 0 Å². The van der Waals surface area contributed by atoms with Crippen molar-refractivity contribution in [1.82, 2.24) is 0 Å². The van der Waals surface area contributed by atoms with Gasteiger partial charge in [0, 0.05) is 0 Å². The van der Waals surface area contributed by atoms with Crippen molar-refractivity contribution in [2.75, 3.05) is 0 Å². The molecule has 2 unspecified atom stereocenters. The van der Waals surface area contributed by atoms with Crippen LogP contribution in [-0.4, -0.2) is 0 Å². The van der Waals surface area contributed by atoms with Crippen molar-refractivity contribution in [2.45, 2.75) is 97.8 Å². The first kappa shape index (κ1) is 16.1. The van der Waals surface area contributed by atoms with Gasteiger partial charge in [0.2, 0.25) is 0 Å². The Labute approximate surface area is 116 Å². The maximum absolute atomic E-state index is 2.33. The van der Waals surface area contributed by atoms with E-state index < -0.39 is 0 Å². The minimum Gasteiger partial charge on any atom is -0.0654 e. The van der Waals surface area contributed by atoms with E-state index in [1.807, 2.05) is 0 Å². The molecule has 0 heteroatoms. The van der Waals surface area contributed by atoms with Crippen LogP contribution in [0, 0.1) is 17.8 Å². The first-order valence-corrected chi connectivity index (χ1v) is 8.74. The zero-order chi connectivity index (χ0) is 13.2. The van der Waals surface area contributed by atoms with Gasteiger partial charge in [0.15, 0.2) is 0 Å². The molecule has 3 fully saturated rings. The summed E-state index contributed by atoms with van der Waals surface area (Å²) in [6.07, 6.45) is 17.9. The maximum Gasteiger partial charge on any atom is -0.0414 e. The molecule has 0 bridgehead atoms. The molecule has 0 aliphatic heterocycles. The van der Waals surface area contributed by atoms with Crippen LogP contribution in [0.25, 0.3) is 0 Å². The summed E-state index contributed by atoms with van der Waals surface area (Å²) < 4.78 is 0. The highest BCUT2D eigenvalue weighted by Gasteiger charge is 2.20. The average Bonchev–Trinajstić information content (AvgIpc) is 3.23. The van der Waals surface area contributed by atoms with E-state index in [2.05, 4.69) is 20.8 Å². The van der Waals surface area contributed by atoms with Crippen LogP contribution in [0.15, 0.2) is 0 Å². The third-order valence-corrected chi connectivity index (χ3v) is 4.57. The van der Waals surface area contributed by atoms with Gasteiger partial charge in [-0.05, 0) is 17.8 Å².